The Morgan fingerprint density at radius 3 is 2.73 bits per heavy atom. The number of unbranched alkanes of at least 4 members (excludes halogenated alkanes) is 1. The molecule has 2 amide bonds. The molecule has 1 aliphatic rings. The van der Waals surface area contributed by atoms with Crippen LogP contribution in [0.2, 0.25) is 0 Å². The summed E-state index contributed by atoms with van der Waals surface area (Å²) in [5.41, 5.74) is 0.669. The Kier molecular flexibility index (Phi) is 9.54. The topological polar surface area (TPSA) is 99.2 Å². The minimum absolute atomic E-state index is 0.0239. The summed E-state index contributed by atoms with van der Waals surface area (Å²) >= 11 is 0. The Bertz CT molecular complexity index is 1270. The number of nitrogens with zero attached hydrogens (tertiary/aromatic N) is 2. The standard InChI is InChI=1S/C27H34FN3O5S/c1-5-6-7-10-21-13-14-26-24(15-21)36-25(19(2)16-31(20(3)18-32)37(26,34)35)17-30(4)27(33)29-23-12-9-8-11-22(23)28/h8-9,11-15,19-20,25,32H,5-6,16-18H2,1-4H3,(H,29,33)/t19-,20-,25+/m0/s1. The number of rotatable bonds is 6. The molecule has 2 aromatic rings. The highest BCUT2D eigenvalue weighted by molar-refractivity contribution is 7.89. The third-order valence-corrected chi connectivity index (χ3v) is 8.21. The van der Waals surface area contributed by atoms with Gasteiger partial charge in [0.1, 0.15) is 22.6 Å². The van der Waals surface area contributed by atoms with Crippen LogP contribution in [0, 0.1) is 23.6 Å². The predicted octanol–water partition coefficient (Wildman–Crippen LogP) is 3.91. The lowest BCUT2D eigenvalue weighted by molar-refractivity contribution is 0.0830. The van der Waals surface area contributed by atoms with E-state index in [1.54, 1.807) is 32.2 Å². The van der Waals surface area contributed by atoms with E-state index < -0.39 is 34.0 Å². The quantitative estimate of drug-likeness (QED) is 0.551. The van der Waals surface area contributed by atoms with E-state index >= 15 is 0 Å². The molecule has 0 unspecified atom stereocenters. The maximum Gasteiger partial charge on any atom is 0.321 e. The van der Waals surface area contributed by atoms with E-state index in [-0.39, 0.29) is 41.9 Å². The number of halogens is 1. The van der Waals surface area contributed by atoms with Gasteiger partial charge >= 0.3 is 6.03 Å². The van der Waals surface area contributed by atoms with Gasteiger partial charge in [0.2, 0.25) is 10.0 Å². The number of sulfonamides is 1. The largest absolute Gasteiger partial charge is 0.487 e. The van der Waals surface area contributed by atoms with Gasteiger partial charge in [-0.2, -0.15) is 4.31 Å². The first-order chi connectivity index (χ1) is 17.6. The van der Waals surface area contributed by atoms with E-state index in [4.69, 9.17) is 4.74 Å². The highest BCUT2D eigenvalue weighted by Gasteiger charge is 2.38. The van der Waals surface area contributed by atoms with E-state index in [1.807, 2.05) is 13.8 Å². The van der Waals surface area contributed by atoms with Crippen molar-refractivity contribution in [2.24, 2.45) is 5.92 Å². The summed E-state index contributed by atoms with van der Waals surface area (Å²) in [5, 5.41) is 12.3. The predicted molar refractivity (Wildman–Crippen MR) is 140 cm³/mol. The van der Waals surface area contributed by atoms with Crippen molar-refractivity contribution in [3.63, 3.8) is 0 Å². The van der Waals surface area contributed by atoms with Gasteiger partial charge < -0.3 is 20.1 Å². The fourth-order valence-electron chi connectivity index (χ4n) is 3.94. The van der Waals surface area contributed by atoms with Crippen LogP contribution in [0.15, 0.2) is 47.4 Å². The molecule has 1 aliphatic heterocycles. The zero-order chi connectivity index (χ0) is 27.2. The lowest BCUT2D eigenvalue weighted by Crippen LogP contribution is -2.50. The molecule has 200 valence electrons. The molecular formula is C27H34FN3O5S. The molecule has 0 saturated heterocycles. The van der Waals surface area contributed by atoms with Crippen LogP contribution >= 0.6 is 0 Å². The van der Waals surface area contributed by atoms with E-state index in [0.717, 1.165) is 6.42 Å². The molecule has 2 N–H and O–H groups in total. The van der Waals surface area contributed by atoms with Crippen molar-refractivity contribution in [1.82, 2.24) is 9.21 Å². The van der Waals surface area contributed by atoms with Crippen LogP contribution in [0.4, 0.5) is 14.9 Å². The van der Waals surface area contributed by atoms with Gasteiger partial charge in [-0.3, -0.25) is 0 Å². The molecule has 10 heteroatoms. The smallest absolute Gasteiger partial charge is 0.321 e. The van der Waals surface area contributed by atoms with Gasteiger partial charge in [-0.15, -0.1) is 0 Å². The van der Waals surface area contributed by atoms with E-state index in [0.29, 0.717) is 12.0 Å². The van der Waals surface area contributed by atoms with Crippen molar-refractivity contribution < 1.29 is 27.4 Å². The molecule has 2 aromatic carbocycles. The number of likely N-dealkylation sites (N-methyl/N-ethyl adjacent to an activating group) is 1. The molecule has 0 saturated carbocycles. The summed E-state index contributed by atoms with van der Waals surface area (Å²) in [6, 6.07) is 9.38. The van der Waals surface area contributed by atoms with Gasteiger partial charge in [0.05, 0.1) is 18.8 Å². The molecular weight excluding hydrogens is 497 g/mol. The molecule has 0 bridgehead atoms. The second kappa shape index (κ2) is 12.4. The SMILES string of the molecule is CCCC#Cc1ccc2c(c1)O[C@H](CN(C)C(=O)Nc1ccccc1F)[C@@H](C)CN([C@@H](C)CO)S2(=O)=O. The number of aliphatic hydroxyl groups excluding tert-OH is 1. The summed E-state index contributed by atoms with van der Waals surface area (Å²) in [4.78, 5) is 14.1. The Labute approximate surface area is 218 Å². The van der Waals surface area contributed by atoms with Crippen molar-refractivity contribution >= 4 is 21.7 Å². The first-order valence-electron chi connectivity index (χ1n) is 12.3. The van der Waals surface area contributed by atoms with E-state index in [2.05, 4.69) is 17.2 Å². The highest BCUT2D eigenvalue weighted by atomic mass is 32.2. The maximum atomic E-state index is 14.0. The van der Waals surface area contributed by atoms with Crippen LogP contribution in [-0.4, -0.2) is 67.7 Å². The van der Waals surface area contributed by atoms with Crippen LogP contribution in [0.3, 0.4) is 0 Å². The number of hydrogen-bond donors (Lipinski definition) is 2. The second-order valence-electron chi connectivity index (χ2n) is 9.24. The third-order valence-electron chi connectivity index (χ3n) is 6.19. The van der Waals surface area contributed by atoms with E-state index in [9.17, 15) is 22.7 Å². The Balaban J connectivity index is 1.95. The minimum Gasteiger partial charge on any atom is -0.487 e. The number of urea groups is 1. The number of hydrogen-bond acceptors (Lipinski definition) is 5. The molecule has 0 aromatic heterocycles. The number of carbonyl (C=O) groups is 1. The number of amides is 2. The van der Waals surface area contributed by atoms with Gasteiger partial charge in [0.25, 0.3) is 0 Å². The van der Waals surface area contributed by atoms with Crippen molar-refractivity contribution in [2.45, 2.75) is 50.7 Å². The molecule has 0 fully saturated rings. The molecule has 8 nitrogen and oxygen atoms in total. The highest BCUT2D eigenvalue weighted by Crippen LogP contribution is 2.34. The summed E-state index contributed by atoms with van der Waals surface area (Å²) in [6.45, 7) is 5.32. The maximum absolute atomic E-state index is 14.0. The summed E-state index contributed by atoms with van der Waals surface area (Å²) in [7, 11) is -2.42. The number of benzene rings is 2. The third kappa shape index (κ3) is 6.80. The van der Waals surface area contributed by atoms with Gasteiger partial charge in [0, 0.05) is 37.5 Å². The number of fused-ring (bicyclic) bond motifs is 1. The lowest BCUT2D eigenvalue weighted by Gasteiger charge is -2.37. The van der Waals surface area contributed by atoms with Crippen LogP contribution in [0.25, 0.3) is 0 Å². The van der Waals surface area contributed by atoms with Crippen LogP contribution in [0.5, 0.6) is 5.75 Å². The Morgan fingerprint density at radius 2 is 2.05 bits per heavy atom. The Morgan fingerprint density at radius 1 is 1.32 bits per heavy atom. The molecule has 0 aliphatic carbocycles. The monoisotopic (exact) mass is 531 g/mol. The molecule has 37 heavy (non-hydrogen) atoms. The van der Waals surface area contributed by atoms with Crippen molar-refractivity contribution in [2.75, 3.05) is 32.1 Å². The number of anilines is 1. The van der Waals surface area contributed by atoms with Crippen molar-refractivity contribution in [3.8, 4) is 17.6 Å². The summed E-state index contributed by atoms with van der Waals surface area (Å²) in [6.07, 6.45) is 1.01. The normalized spacial score (nSPS) is 19.7. The minimum atomic E-state index is -3.98. The molecule has 3 rings (SSSR count). The number of carbonyl (C=O) groups excluding carboxylic acids is 1. The number of aliphatic hydroxyl groups is 1. The van der Waals surface area contributed by atoms with Crippen LogP contribution in [-0.2, 0) is 10.0 Å². The van der Waals surface area contributed by atoms with Crippen molar-refractivity contribution in [1.29, 1.82) is 0 Å². The summed E-state index contributed by atoms with van der Waals surface area (Å²) < 4.78 is 48.7. The molecule has 0 radical (unpaired) electrons. The second-order valence-corrected chi connectivity index (χ2v) is 11.1. The molecule has 0 spiro atoms. The Hall–Kier alpha value is -3.13. The first kappa shape index (κ1) is 28.4. The van der Waals surface area contributed by atoms with Crippen LogP contribution < -0.4 is 10.1 Å². The molecule has 1 heterocycles. The fraction of sp³-hybridized carbons (Fsp3) is 0.444. The number of ether oxygens (including phenoxy) is 1. The van der Waals surface area contributed by atoms with Gasteiger partial charge in [-0.05, 0) is 43.7 Å². The first-order valence-corrected chi connectivity index (χ1v) is 13.7. The number of para-hydroxylation sites is 1. The zero-order valence-electron chi connectivity index (χ0n) is 21.6. The van der Waals surface area contributed by atoms with Gasteiger partial charge in [-0.25, -0.2) is 17.6 Å². The average Bonchev–Trinajstić information content (AvgIpc) is 2.87. The average molecular weight is 532 g/mol. The molecule has 3 atom stereocenters. The lowest BCUT2D eigenvalue weighted by atomic mass is 10.0. The van der Waals surface area contributed by atoms with Crippen molar-refractivity contribution in [3.05, 3.63) is 53.8 Å². The van der Waals surface area contributed by atoms with Gasteiger partial charge in [-0.1, -0.05) is 37.8 Å². The fourth-order valence-corrected chi connectivity index (χ4v) is 5.76. The number of nitrogens with one attached hydrogen (secondary N) is 1. The van der Waals surface area contributed by atoms with Crippen LogP contribution in [0.1, 0.15) is 39.2 Å². The summed E-state index contributed by atoms with van der Waals surface area (Å²) in [5.74, 6) is 5.31. The van der Waals surface area contributed by atoms with Gasteiger partial charge in [0.15, 0.2) is 0 Å². The zero-order valence-corrected chi connectivity index (χ0v) is 22.4. The van der Waals surface area contributed by atoms with E-state index in [1.165, 1.54) is 33.5 Å².